The summed E-state index contributed by atoms with van der Waals surface area (Å²) in [5.41, 5.74) is 4.04. The molecule has 1 fully saturated rings. The third kappa shape index (κ3) is 5.27. The van der Waals surface area contributed by atoms with Crippen molar-refractivity contribution in [1.82, 2.24) is 15.0 Å². The maximum atomic E-state index is 12.8. The molecule has 3 aromatic rings. The van der Waals surface area contributed by atoms with Crippen LogP contribution in [0.15, 0.2) is 71.5 Å². The Morgan fingerprint density at radius 1 is 1.31 bits per heavy atom. The normalized spacial score (nSPS) is 18.6. The van der Waals surface area contributed by atoms with Crippen molar-refractivity contribution in [2.45, 2.75) is 44.7 Å². The van der Waals surface area contributed by atoms with Crippen LogP contribution in [0.25, 0.3) is 11.0 Å². The average molecular weight is 492 g/mol. The number of benzene rings is 2. The quantitative estimate of drug-likeness (QED) is 0.159. The number of rotatable bonds is 10. The van der Waals surface area contributed by atoms with Gasteiger partial charge in [0.2, 0.25) is 0 Å². The molecule has 0 saturated heterocycles. The average Bonchev–Trinajstić information content (AvgIpc) is 3.38. The first-order valence-corrected chi connectivity index (χ1v) is 12.2. The second-order valence-corrected chi connectivity index (χ2v) is 8.70. The molecule has 1 aliphatic rings. The molecule has 0 radical (unpaired) electrons. The fourth-order valence-electron chi connectivity index (χ4n) is 4.89. The van der Waals surface area contributed by atoms with Crippen LogP contribution in [0.4, 0.5) is 5.69 Å². The van der Waals surface area contributed by atoms with E-state index in [-0.39, 0.29) is 17.9 Å². The molecular formula is C26H33N7O3. The highest BCUT2D eigenvalue weighted by molar-refractivity contribution is 5.79. The molecule has 190 valence electrons. The molecule has 1 heterocycles. The first-order chi connectivity index (χ1) is 17.6. The minimum absolute atomic E-state index is 0.238. The minimum Gasteiger partial charge on any atom is -0.496 e. The molecule has 0 bridgehead atoms. The summed E-state index contributed by atoms with van der Waals surface area (Å²) in [5, 5.41) is 13.1. The Morgan fingerprint density at radius 2 is 2.11 bits per heavy atom. The lowest BCUT2D eigenvalue weighted by Crippen LogP contribution is -2.44. The van der Waals surface area contributed by atoms with E-state index in [9.17, 15) is 4.79 Å². The lowest BCUT2D eigenvalue weighted by molar-refractivity contribution is -0.151. The Balaban J connectivity index is 1.73. The summed E-state index contributed by atoms with van der Waals surface area (Å²) in [7, 11) is 1.63. The van der Waals surface area contributed by atoms with Crippen LogP contribution in [0.5, 0.6) is 5.75 Å². The smallest absolute Gasteiger partial charge is 0.311 e. The standard InChI is InChI=1S/C26H33N7O3/c1-4-36-26(34)19-9-5-7-11-23(19)33(32-31-27)17(2)25(20-10-6-8-12-24(20)35-3)30-18-13-14-21-22(15-18)29-16-28-21/h6,8,10,12-16,19,23,25,30H,2,4-5,7,9,11H2,1,3H3,(H2,27,32)(H,28,29). The fraction of sp³-hybridized carbons (Fsp3) is 0.385. The molecule has 2 aromatic carbocycles. The number of nitrogens with two attached hydrogens (primary N) is 1. The van der Waals surface area contributed by atoms with Crippen LogP contribution in [0.2, 0.25) is 0 Å². The summed E-state index contributed by atoms with van der Waals surface area (Å²) < 4.78 is 11.1. The number of methoxy groups -OCH3 is 1. The molecule has 1 aliphatic carbocycles. The number of hydrogen-bond acceptors (Lipinski definition) is 7. The number of ether oxygens (including phenoxy) is 2. The third-order valence-electron chi connectivity index (χ3n) is 6.59. The molecule has 0 aliphatic heterocycles. The zero-order valence-electron chi connectivity index (χ0n) is 20.7. The van der Waals surface area contributed by atoms with Gasteiger partial charge >= 0.3 is 5.97 Å². The molecule has 3 unspecified atom stereocenters. The topological polar surface area (TPSA) is 130 Å². The Labute approximate surface area is 210 Å². The molecule has 10 nitrogen and oxygen atoms in total. The summed E-state index contributed by atoms with van der Waals surface area (Å²) >= 11 is 0. The number of anilines is 1. The Morgan fingerprint density at radius 3 is 2.89 bits per heavy atom. The van der Waals surface area contributed by atoms with E-state index in [0.29, 0.717) is 24.5 Å². The highest BCUT2D eigenvalue weighted by Gasteiger charge is 2.39. The highest BCUT2D eigenvalue weighted by Crippen LogP contribution is 2.39. The number of aromatic nitrogens is 2. The van der Waals surface area contributed by atoms with Crippen molar-refractivity contribution in [2.75, 3.05) is 19.0 Å². The molecule has 1 saturated carbocycles. The van der Waals surface area contributed by atoms with E-state index >= 15 is 0 Å². The van der Waals surface area contributed by atoms with Crippen LogP contribution >= 0.6 is 0 Å². The lowest BCUT2D eigenvalue weighted by atomic mass is 9.83. The predicted octanol–water partition coefficient (Wildman–Crippen LogP) is 4.90. The minimum atomic E-state index is -0.465. The van der Waals surface area contributed by atoms with Gasteiger partial charge in [-0.2, -0.15) is 0 Å². The number of para-hydroxylation sites is 1. The summed E-state index contributed by atoms with van der Waals surface area (Å²) in [6, 6.07) is 12.8. The number of aromatic amines is 1. The summed E-state index contributed by atoms with van der Waals surface area (Å²) in [4.78, 5) is 20.3. The zero-order valence-corrected chi connectivity index (χ0v) is 20.7. The number of nitrogens with zero attached hydrogens (tertiary/aromatic N) is 4. The van der Waals surface area contributed by atoms with Gasteiger partial charge in [0.1, 0.15) is 5.75 Å². The summed E-state index contributed by atoms with van der Waals surface area (Å²) in [5.74, 6) is 5.64. The molecule has 4 N–H and O–H groups in total. The van der Waals surface area contributed by atoms with Gasteiger partial charge in [0.15, 0.2) is 0 Å². The number of imidazole rings is 1. The monoisotopic (exact) mass is 491 g/mol. The van der Waals surface area contributed by atoms with E-state index in [4.69, 9.17) is 15.3 Å². The molecule has 1 aromatic heterocycles. The Hall–Kier alpha value is -4.08. The third-order valence-corrected chi connectivity index (χ3v) is 6.59. The molecule has 0 amide bonds. The predicted molar refractivity (Wildman–Crippen MR) is 138 cm³/mol. The van der Waals surface area contributed by atoms with E-state index < -0.39 is 6.04 Å². The summed E-state index contributed by atoms with van der Waals surface area (Å²) in [6.07, 6.45) is 4.99. The molecule has 10 heteroatoms. The van der Waals surface area contributed by atoms with Gasteiger partial charge in [-0.1, -0.05) is 42.8 Å². The SMILES string of the molecule is C=C(C(Nc1ccc2[nH]cnc2c1)c1ccccc1OC)N(/N=N\N)C1CCCCC1C(=O)OCC. The van der Waals surface area contributed by atoms with Crippen molar-refractivity contribution >= 4 is 22.7 Å². The lowest BCUT2D eigenvalue weighted by Gasteiger charge is -2.39. The molecule has 3 atom stereocenters. The fourth-order valence-corrected chi connectivity index (χ4v) is 4.89. The molecule has 36 heavy (non-hydrogen) atoms. The number of nitrogens with one attached hydrogen (secondary N) is 2. The second kappa shape index (κ2) is 11.6. The zero-order chi connectivity index (χ0) is 25.5. The van der Waals surface area contributed by atoms with Crippen molar-refractivity contribution in [3.8, 4) is 5.75 Å². The van der Waals surface area contributed by atoms with E-state index in [1.165, 1.54) is 0 Å². The number of carbonyl (C=O) groups excluding carboxylic acids is 1. The molecule has 0 spiro atoms. The number of fused-ring (bicyclic) bond motifs is 1. The maximum Gasteiger partial charge on any atom is 0.311 e. The number of hydrogen-bond donors (Lipinski definition) is 3. The van der Waals surface area contributed by atoms with Gasteiger partial charge in [0.05, 0.1) is 54.8 Å². The first-order valence-electron chi connectivity index (χ1n) is 12.2. The van der Waals surface area contributed by atoms with Crippen LogP contribution < -0.4 is 15.9 Å². The van der Waals surface area contributed by atoms with Gasteiger partial charge in [-0.25, -0.2) is 9.99 Å². The van der Waals surface area contributed by atoms with Crippen LogP contribution in [0.3, 0.4) is 0 Å². The number of esters is 1. The van der Waals surface area contributed by atoms with Crippen LogP contribution in [0, 0.1) is 5.92 Å². The van der Waals surface area contributed by atoms with Crippen molar-refractivity contribution < 1.29 is 14.3 Å². The molecule has 4 rings (SSSR count). The van der Waals surface area contributed by atoms with Gasteiger partial charge < -0.3 is 25.6 Å². The van der Waals surface area contributed by atoms with Crippen molar-refractivity contribution in [3.63, 3.8) is 0 Å². The van der Waals surface area contributed by atoms with E-state index in [1.807, 2.05) is 49.4 Å². The van der Waals surface area contributed by atoms with Crippen LogP contribution in [-0.2, 0) is 9.53 Å². The van der Waals surface area contributed by atoms with Gasteiger partial charge in [-0.3, -0.25) is 4.79 Å². The van der Waals surface area contributed by atoms with Crippen molar-refractivity contribution in [2.24, 2.45) is 22.2 Å². The highest BCUT2D eigenvalue weighted by atomic mass is 16.5. The van der Waals surface area contributed by atoms with E-state index in [1.54, 1.807) is 18.4 Å². The van der Waals surface area contributed by atoms with E-state index in [0.717, 1.165) is 41.5 Å². The number of carbonyl (C=O) groups is 1. The Bertz CT molecular complexity index is 1220. The van der Waals surface area contributed by atoms with Gasteiger partial charge in [-0.05, 0) is 49.3 Å². The van der Waals surface area contributed by atoms with Crippen molar-refractivity contribution in [1.29, 1.82) is 0 Å². The number of H-pyrrole nitrogens is 1. The van der Waals surface area contributed by atoms with Gasteiger partial charge in [-0.15, -0.1) is 0 Å². The van der Waals surface area contributed by atoms with Gasteiger partial charge in [0, 0.05) is 11.3 Å². The van der Waals surface area contributed by atoms with Crippen LogP contribution in [-0.4, -0.2) is 40.7 Å². The first kappa shape index (κ1) is 25.0. The summed E-state index contributed by atoms with van der Waals surface area (Å²) in [6.45, 7) is 6.55. The largest absolute Gasteiger partial charge is 0.496 e. The van der Waals surface area contributed by atoms with Gasteiger partial charge in [0.25, 0.3) is 0 Å². The van der Waals surface area contributed by atoms with Crippen LogP contribution in [0.1, 0.15) is 44.2 Å². The van der Waals surface area contributed by atoms with Crippen molar-refractivity contribution in [3.05, 3.63) is 66.6 Å². The Kier molecular flexibility index (Phi) is 8.04. The van der Waals surface area contributed by atoms with E-state index in [2.05, 4.69) is 32.3 Å². The maximum absolute atomic E-state index is 12.8. The molecular weight excluding hydrogens is 458 g/mol. The second-order valence-electron chi connectivity index (χ2n) is 8.70.